The number of hydrogen-bond donors (Lipinski definition) is 2. The molecule has 0 unspecified atom stereocenters. The first-order valence-electron chi connectivity index (χ1n) is 13.0. The minimum absolute atomic E-state index is 0.0934. The number of rotatable bonds is 5. The molecule has 10 nitrogen and oxygen atoms in total. The van der Waals surface area contributed by atoms with Crippen molar-refractivity contribution in [3.05, 3.63) is 11.4 Å². The van der Waals surface area contributed by atoms with Crippen molar-refractivity contribution in [1.82, 2.24) is 19.6 Å². The lowest BCUT2D eigenvalue weighted by atomic mass is 9.49. The summed E-state index contributed by atoms with van der Waals surface area (Å²) in [5, 5.41) is 0. The molecule has 2 spiro atoms. The van der Waals surface area contributed by atoms with Crippen LogP contribution in [-0.2, 0) is 9.59 Å². The highest BCUT2D eigenvalue weighted by Gasteiger charge is 2.68. The molecule has 2 saturated heterocycles. The van der Waals surface area contributed by atoms with Gasteiger partial charge in [-0.2, -0.15) is 0 Å². The fourth-order valence-electron chi connectivity index (χ4n) is 7.52. The second-order valence-corrected chi connectivity index (χ2v) is 11.5. The van der Waals surface area contributed by atoms with E-state index in [0.717, 1.165) is 37.0 Å². The fraction of sp³-hybridized carbons (Fsp3) is 0.760. The highest BCUT2D eigenvalue weighted by molar-refractivity contribution is 6.29. The van der Waals surface area contributed by atoms with Gasteiger partial charge in [0.1, 0.15) is 11.4 Å². The van der Waals surface area contributed by atoms with E-state index in [4.69, 9.17) is 11.5 Å². The Morgan fingerprint density at radius 1 is 0.943 bits per heavy atom. The van der Waals surface area contributed by atoms with Crippen LogP contribution in [0.5, 0.6) is 0 Å². The van der Waals surface area contributed by atoms with Crippen LogP contribution in [0.3, 0.4) is 0 Å². The molecule has 2 heterocycles. The first-order chi connectivity index (χ1) is 16.6. The van der Waals surface area contributed by atoms with Crippen LogP contribution < -0.4 is 11.5 Å². The van der Waals surface area contributed by atoms with Crippen molar-refractivity contribution in [1.29, 1.82) is 0 Å². The van der Waals surface area contributed by atoms with Gasteiger partial charge in [-0.25, -0.2) is 9.59 Å². The molecule has 0 aromatic carbocycles. The molecular weight excluding hydrogens is 448 g/mol. The quantitative estimate of drug-likeness (QED) is 0.451. The van der Waals surface area contributed by atoms with E-state index in [0.29, 0.717) is 25.2 Å². The molecule has 192 valence electrons. The molecule has 5 fully saturated rings. The number of imide groups is 2. The lowest BCUT2D eigenvalue weighted by Gasteiger charge is -2.61. The van der Waals surface area contributed by atoms with Crippen molar-refractivity contribution in [2.45, 2.75) is 88.8 Å². The Morgan fingerprint density at radius 3 is 2.11 bits per heavy atom. The van der Waals surface area contributed by atoms with E-state index in [1.54, 1.807) is 0 Å². The van der Waals surface area contributed by atoms with Gasteiger partial charge in [-0.05, 0) is 69.1 Å². The van der Waals surface area contributed by atoms with Crippen LogP contribution in [-0.4, -0.2) is 81.7 Å². The second-order valence-electron chi connectivity index (χ2n) is 11.5. The summed E-state index contributed by atoms with van der Waals surface area (Å²) in [6.07, 6.45) is 8.94. The summed E-state index contributed by atoms with van der Waals surface area (Å²) in [4.78, 5) is 58.3. The third-order valence-electron chi connectivity index (χ3n) is 9.39. The van der Waals surface area contributed by atoms with E-state index < -0.39 is 17.8 Å². The fourth-order valence-corrected chi connectivity index (χ4v) is 7.52. The van der Waals surface area contributed by atoms with E-state index in [9.17, 15) is 19.2 Å². The van der Waals surface area contributed by atoms with E-state index in [-0.39, 0.29) is 47.0 Å². The molecule has 10 heteroatoms. The predicted molar refractivity (Wildman–Crippen MR) is 128 cm³/mol. The largest absolute Gasteiger partial charge is 0.385 e. The minimum atomic E-state index is -0.693. The van der Waals surface area contributed by atoms with Crippen LogP contribution in [0, 0.1) is 11.3 Å². The van der Waals surface area contributed by atoms with Gasteiger partial charge in [0.2, 0.25) is 0 Å². The van der Waals surface area contributed by atoms with Gasteiger partial charge < -0.3 is 21.3 Å². The highest BCUT2D eigenvalue weighted by atomic mass is 16.2. The van der Waals surface area contributed by atoms with E-state index in [1.165, 1.54) is 17.7 Å². The summed E-state index contributed by atoms with van der Waals surface area (Å²) in [5.41, 5.74) is 11.2. The molecule has 6 amide bonds. The molecular formula is C25H38N6O4. The minimum Gasteiger partial charge on any atom is -0.385 e. The average Bonchev–Trinajstić information content (AvgIpc) is 3.59. The molecule has 1 atom stereocenters. The number of barbiturate groups is 1. The Labute approximate surface area is 206 Å². The summed E-state index contributed by atoms with van der Waals surface area (Å²) >= 11 is 0. The second kappa shape index (κ2) is 8.13. The number of nitrogens with zero attached hydrogens (tertiary/aromatic N) is 4. The van der Waals surface area contributed by atoms with Crippen molar-refractivity contribution < 1.29 is 19.2 Å². The SMILES string of the molecule is CCCCN1C(=O)C(=C(N)N)C(=O)N(C2CCC3(CC2)CC2(C3)[C@@H](C3CC3)N(C)C(=O)N2C)C1=O. The molecule has 35 heavy (non-hydrogen) atoms. The zero-order chi connectivity index (χ0) is 25.3. The Bertz CT molecular complexity index is 984. The van der Waals surface area contributed by atoms with Crippen LogP contribution in [0.25, 0.3) is 0 Å². The van der Waals surface area contributed by atoms with Crippen molar-refractivity contribution >= 4 is 23.9 Å². The average molecular weight is 487 g/mol. The maximum absolute atomic E-state index is 13.3. The zero-order valence-corrected chi connectivity index (χ0v) is 21.1. The topological polar surface area (TPSA) is 133 Å². The third kappa shape index (κ3) is 3.42. The number of hydrogen-bond acceptors (Lipinski definition) is 6. The van der Waals surface area contributed by atoms with E-state index in [1.807, 2.05) is 30.8 Å². The molecule has 3 saturated carbocycles. The standard InChI is InChI=1S/C25H38N6O4/c1-4-5-12-30-20(32)17(19(26)27)21(33)31(23(30)35)16-8-10-24(11-9-16)13-25(14-24)18(15-6-7-15)28(2)22(34)29(25)3/h15-16,18H,4-14,26-27H2,1-3H3/t16?,18-,24?,25?/m1/s1. The molecule has 0 bridgehead atoms. The van der Waals surface area contributed by atoms with Crippen molar-refractivity contribution in [3.63, 3.8) is 0 Å². The molecule has 4 N–H and O–H groups in total. The number of unbranched alkanes of at least 4 members (excludes halogenated alkanes) is 1. The van der Waals surface area contributed by atoms with Crippen LogP contribution in [0.2, 0.25) is 0 Å². The van der Waals surface area contributed by atoms with Crippen LogP contribution in [0.4, 0.5) is 9.59 Å². The summed E-state index contributed by atoms with van der Waals surface area (Å²) in [6.45, 7) is 2.22. The number of carbonyl (C=O) groups excluding carboxylic acids is 4. The van der Waals surface area contributed by atoms with Gasteiger partial charge in [-0.1, -0.05) is 13.3 Å². The molecule has 0 aromatic heterocycles. The van der Waals surface area contributed by atoms with Gasteiger partial charge in [-0.3, -0.25) is 19.4 Å². The van der Waals surface area contributed by atoms with Gasteiger partial charge in [-0.15, -0.1) is 0 Å². The highest BCUT2D eigenvalue weighted by Crippen LogP contribution is 2.65. The van der Waals surface area contributed by atoms with Gasteiger partial charge in [0.25, 0.3) is 11.8 Å². The van der Waals surface area contributed by atoms with Gasteiger partial charge in [0, 0.05) is 26.7 Å². The van der Waals surface area contributed by atoms with Crippen molar-refractivity contribution in [2.24, 2.45) is 22.8 Å². The third-order valence-corrected chi connectivity index (χ3v) is 9.39. The first-order valence-corrected chi connectivity index (χ1v) is 13.0. The predicted octanol–water partition coefficient (Wildman–Crippen LogP) is 1.94. The Kier molecular flexibility index (Phi) is 5.56. The monoisotopic (exact) mass is 486 g/mol. The van der Waals surface area contributed by atoms with E-state index in [2.05, 4.69) is 0 Å². The lowest BCUT2D eigenvalue weighted by molar-refractivity contribution is -0.140. The van der Waals surface area contributed by atoms with Gasteiger partial charge >= 0.3 is 12.1 Å². The van der Waals surface area contributed by atoms with Crippen molar-refractivity contribution in [3.8, 4) is 0 Å². The smallest absolute Gasteiger partial charge is 0.334 e. The van der Waals surface area contributed by atoms with Crippen LogP contribution in [0.15, 0.2) is 11.4 Å². The number of carbonyl (C=O) groups is 4. The van der Waals surface area contributed by atoms with E-state index >= 15 is 0 Å². The molecule has 5 aliphatic rings. The number of nitrogens with two attached hydrogens (primary N) is 2. The Morgan fingerprint density at radius 2 is 1.57 bits per heavy atom. The van der Waals surface area contributed by atoms with Crippen molar-refractivity contribution in [2.75, 3.05) is 20.6 Å². The Hall–Kier alpha value is -2.78. The molecule has 0 radical (unpaired) electrons. The molecule has 3 aliphatic carbocycles. The van der Waals surface area contributed by atoms with Gasteiger partial charge in [0.15, 0.2) is 0 Å². The summed E-state index contributed by atoms with van der Waals surface area (Å²) in [5.74, 6) is -1.10. The normalized spacial score (nSPS) is 35.6. The number of likely N-dealkylation sites (N-methyl/N-ethyl adjacent to an activating group) is 2. The van der Waals surface area contributed by atoms with Crippen LogP contribution in [0.1, 0.15) is 71.1 Å². The summed E-state index contributed by atoms with van der Waals surface area (Å²) in [6, 6.07) is -0.438. The first kappa shape index (κ1) is 23.9. The molecule has 5 rings (SSSR count). The maximum atomic E-state index is 13.3. The summed E-state index contributed by atoms with van der Waals surface area (Å²) in [7, 11) is 3.88. The van der Waals surface area contributed by atoms with Crippen LogP contribution >= 0.6 is 0 Å². The van der Waals surface area contributed by atoms with Gasteiger partial charge in [0.05, 0.1) is 11.6 Å². The summed E-state index contributed by atoms with van der Waals surface area (Å²) < 4.78 is 0. The molecule has 2 aliphatic heterocycles. The number of amides is 6. The molecule has 0 aromatic rings. The maximum Gasteiger partial charge on any atom is 0.334 e. The Balaban J connectivity index is 1.31. The zero-order valence-electron chi connectivity index (χ0n) is 21.1. The lowest BCUT2D eigenvalue weighted by Crippen LogP contribution is -2.66. The number of urea groups is 2.